The number of esters is 1. The van der Waals surface area contributed by atoms with Gasteiger partial charge >= 0.3 is 10.8 Å². The summed E-state index contributed by atoms with van der Waals surface area (Å²) in [5.74, 6) is -1.06. The van der Waals surface area contributed by atoms with Crippen LogP contribution in [-0.4, -0.2) is 34.6 Å². The number of fused-ring (bicyclic) bond motifs is 9. The molecular formula is C28H24N2O5S2. The molecule has 7 nitrogen and oxygen atoms in total. The molecule has 2 amide bonds. The predicted octanol–water partition coefficient (Wildman–Crippen LogP) is 4.29. The van der Waals surface area contributed by atoms with Crippen LogP contribution in [0.3, 0.4) is 0 Å². The van der Waals surface area contributed by atoms with Crippen LogP contribution in [0.2, 0.25) is 0 Å². The maximum absolute atomic E-state index is 13.8. The molecule has 2 bridgehead atoms. The number of H-pyrrole nitrogens is 1. The first-order valence-electron chi connectivity index (χ1n) is 12.6. The van der Waals surface area contributed by atoms with Gasteiger partial charge in [0, 0.05) is 16.0 Å². The fourth-order valence-electron chi connectivity index (χ4n) is 7.27. The molecule has 2 aromatic carbocycles. The molecule has 1 aromatic heterocycles. The van der Waals surface area contributed by atoms with Crippen molar-refractivity contribution < 1.29 is 19.1 Å². The Balaban J connectivity index is 1.25. The second kappa shape index (κ2) is 8.43. The molecule has 3 heterocycles. The number of imide groups is 1. The van der Waals surface area contributed by atoms with Gasteiger partial charge in [-0.05, 0) is 60.9 Å². The number of ether oxygens (including phenoxy) is 1. The third-order valence-corrected chi connectivity index (χ3v) is 11.1. The Morgan fingerprint density at radius 3 is 2.41 bits per heavy atom. The highest BCUT2D eigenvalue weighted by atomic mass is 32.2. The minimum atomic E-state index is -0.429. The fourth-order valence-corrected chi connectivity index (χ4v) is 10.2. The maximum Gasteiger partial charge on any atom is 0.338 e. The molecule has 0 spiro atoms. The minimum Gasteiger partial charge on any atom is -0.462 e. The van der Waals surface area contributed by atoms with Crippen molar-refractivity contribution in [1.29, 1.82) is 0 Å². The van der Waals surface area contributed by atoms with Crippen LogP contribution in [0.4, 0.5) is 5.69 Å². The first-order valence-corrected chi connectivity index (χ1v) is 14.3. The summed E-state index contributed by atoms with van der Waals surface area (Å²) in [4.78, 5) is 57.3. The molecule has 7 rings (SSSR count). The van der Waals surface area contributed by atoms with Gasteiger partial charge in [-0.2, -0.15) is 0 Å². The zero-order chi connectivity index (χ0) is 25.4. The van der Waals surface area contributed by atoms with E-state index in [0.29, 0.717) is 11.3 Å². The summed E-state index contributed by atoms with van der Waals surface area (Å²) in [5.41, 5.74) is 2.04. The molecule has 0 unspecified atom stereocenters. The largest absolute Gasteiger partial charge is 0.462 e. The smallest absolute Gasteiger partial charge is 0.338 e. The molecule has 3 aromatic rings. The number of rotatable bonds is 4. The summed E-state index contributed by atoms with van der Waals surface area (Å²) in [6, 6.07) is 16.7. The normalized spacial score (nSPS) is 31.3. The lowest BCUT2D eigenvalue weighted by atomic mass is 9.68. The van der Waals surface area contributed by atoms with Crippen molar-refractivity contribution in [3.8, 4) is 0 Å². The lowest BCUT2D eigenvalue weighted by Crippen LogP contribution is -2.42. The number of carbonyl (C=O) groups excluding carboxylic acids is 3. The Kier molecular flexibility index (Phi) is 5.23. The summed E-state index contributed by atoms with van der Waals surface area (Å²) in [5, 5.41) is 1.08. The van der Waals surface area contributed by atoms with Gasteiger partial charge in [0.05, 0.1) is 34.7 Å². The van der Waals surface area contributed by atoms with Crippen LogP contribution in [-0.2, 0) is 14.3 Å². The van der Waals surface area contributed by atoms with E-state index < -0.39 is 5.97 Å². The van der Waals surface area contributed by atoms with Gasteiger partial charge in [-0.1, -0.05) is 41.7 Å². The number of hydrogen-bond acceptors (Lipinski definition) is 7. The third-order valence-electron chi connectivity index (χ3n) is 8.52. The summed E-state index contributed by atoms with van der Waals surface area (Å²) in [6.07, 6.45) is 0.854. The van der Waals surface area contributed by atoms with Gasteiger partial charge in [0.25, 0.3) is 0 Å². The molecule has 4 aliphatic rings. The van der Waals surface area contributed by atoms with Crippen LogP contribution in [0.1, 0.15) is 40.1 Å². The number of thioether (sulfide) groups is 1. The number of thiazole rings is 1. The van der Waals surface area contributed by atoms with E-state index in [1.165, 1.54) is 16.2 Å². The van der Waals surface area contributed by atoms with E-state index in [2.05, 4.69) is 17.1 Å². The topological polar surface area (TPSA) is 96.5 Å². The van der Waals surface area contributed by atoms with Crippen LogP contribution >= 0.6 is 23.1 Å². The number of carbonyl (C=O) groups is 3. The fraction of sp³-hybridized carbons (Fsp3) is 0.357. The van der Waals surface area contributed by atoms with E-state index in [4.69, 9.17) is 4.74 Å². The second-order valence-corrected chi connectivity index (χ2v) is 12.4. The first kappa shape index (κ1) is 23.0. The Morgan fingerprint density at radius 2 is 1.70 bits per heavy atom. The van der Waals surface area contributed by atoms with Crippen LogP contribution < -0.4 is 9.77 Å². The Hall–Kier alpha value is -3.17. The summed E-state index contributed by atoms with van der Waals surface area (Å²) >= 11 is 2.96. The third kappa shape index (κ3) is 3.26. The van der Waals surface area contributed by atoms with Crippen molar-refractivity contribution in [3.63, 3.8) is 0 Å². The minimum absolute atomic E-state index is 0.0307. The molecule has 37 heavy (non-hydrogen) atoms. The highest BCUT2D eigenvalue weighted by Gasteiger charge is 2.69. The quantitative estimate of drug-likeness (QED) is 0.398. The van der Waals surface area contributed by atoms with Crippen molar-refractivity contribution in [2.75, 3.05) is 11.5 Å². The van der Waals surface area contributed by atoms with E-state index in [9.17, 15) is 19.2 Å². The molecule has 1 N–H and O–H groups in total. The summed E-state index contributed by atoms with van der Waals surface area (Å²) in [6.45, 7) is 2.02. The Labute approximate surface area is 221 Å². The number of aromatic amines is 1. The van der Waals surface area contributed by atoms with Gasteiger partial charge in [-0.15, -0.1) is 11.8 Å². The van der Waals surface area contributed by atoms with Crippen molar-refractivity contribution in [1.82, 2.24) is 4.98 Å². The van der Waals surface area contributed by atoms with E-state index >= 15 is 0 Å². The summed E-state index contributed by atoms with van der Waals surface area (Å²) < 4.78 is 5.05. The molecule has 7 atom stereocenters. The number of nitrogens with zero attached hydrogens (tertiary/aromatic N) is 1. The SMILES string of the molecule is CCOC(=O)c1ccc(N2C(=O)[C@H]3[C@H]4C[C@@H]([C@@H]3C2=O)[C@H]2[C@H](c3ccccc3)c3sc(=O)[nH]c3S[C@H]42)cc1. The van der Waals surface area contributed by atoms with Crippen molar-refractivity contribution in [3.05, 3.63) is 80.3 Å². The monoisotopic (exact) mass is 532 g/mol. The lowest BCUT2D eigenvalue weighted by Gasteiger charge is -2.43. The van der Waals surface area contributed by atoms with Crippen LogP contribution in [0, 0.1) is 29.6 Å². The average molecular weight is 533 g/mol. The molecule has 0 radical (unpaired) electrons. The van der Waals surface area contributed by atoms with E-state index in [1.54, 1.807) is 43.0 Å². The van der Waals surface area contributed by atoms with Crippen molar-refractivity contribution in [2.24, 2.45) is 29.6 Å². The van der Waals surface area contributed by atoms with Crippen LogP contribution in [0.25, 0.3) is 0 Å². The molecule has 2 saturated carbocycles. The Bertz CT molecular complexity index is 1480. The zero-order valence-corrected chi connectivity index (χ0v) is 21.6. The molecule has 3 fully saturated rings. The zero-order valence-electron chi connectivity index (χ0n) is 20.0. The lowest BCUT2D eigenvalue weighted by molar-refractivity contribution is -0.123. The highest BCUT2D eigenvalue weighted by molar-refractivity contribution is 8.00. The van der Waals surface area contributed by atoms with Gasteiger partial charge in [0.2, 0.25) is 11.8 Å². The second-order valence-electron chi connectivity index (χ2n) is 10.2. The van der Waals surface area contributed by atoms with Crippen molar-refractivity contribution >= 4 is 46.6 Å². The first-order chi connectivity index (χ1) is 18.0. The van der Waals surface area contributed by atoms with E-state index in [1.807, 2.05) is 18.2 Å². The number of nitrogens with one attached hydrogen (secondary N) is 1. The standard InChI is InChI=1S/C28H24N2O5S2/c1-2-35-27(33)14-8-10-15(11-9-14)30-25(31)20-16-12-17(21(20)26(30)32)22-19(16)18(13-6-4-3-5-7-13)23-24(36-22)29-28(34)37-23/h3-11,16-22H,2,12H2,1H3,(H,29,34)/t16-,17-,18+,19+,20+,21+,22-/m1/s1. The average Bonchev–Trinajstić information content (AvgIpc) is 3.63. The van der Waals surface area contributed by atoms with E-state index in [0.717, 1.165) is 21.9 Å². The predicted molar refractivity (Wildman–Crippen MR) is 140 cm³/mol. The number of anilines is 1. The van der Waals surface area contributed by atoms with Gasteiger partial charge < -0.3 is 9.72 Å². The van der Waals surface area contributed by atoms with Crippen molar-refractivity contribution in [2.45, 2.75) is 29.5 Å². The number of benzene rings is 2. The number of aromatic nitrogens is 1. The van der Waals surface area contributed by atoms with Gasteiger partial charge in [-0.25, -0.2) is 4.79 Å². The molecule has 2 aliphatic heterocycles. The number of amides is 2. The van der Waals surface area contributed by atoms with Gasteiger partial charge in [0.15, 0.2) is 0 Å². The maximum atomic E-state index is 13.8. The van der Waals surface area contributed by atoms with Crippen LogP contribution in [0.15, 0.2) is 64.4 Å². The molecular weight excluding hydrogens is 508 g/mol. The molecule has 1 saturated heterocycles. The Morgan fingerprint density at radius 1 is 1.00 bits per heavy atom. The summed E-state index contributed by atoms with van der Waals surface area (Å²) in [7, 11) is 0. The number of hydrogen-bond donors (Lipinski definition) is 1. The van der Waals surface area contributed by atoms with E-state index in [-0.39, 0.29) is 64.1 Å². The van der Waals surface area contributed by atoms with Crippen LogP contribution in [0.5, 0.6) is 0 Å². The molecule has 188 valence electrons. The van der Waals surface area contributed by atoms with Gasteiger partial charge in [-0.3, -0.25) is 19.3 Å². The molecule has 9 heteroatoms. The van der Waals surface area contributed by atoms with Gasteiger partial charge in [0.1, 0.15) is 0 Å². The highest BCUT2D eigenvalue weighted by Crippen LogP contribution is 2.68. The molecule has 2 aliphatic carbocycles.